The third-order valence-corrected chi connectivity index (χ3v) is 8.70. The van der Waals surface area contributed by atoms with Crippen LogP contribution in [0.15, 0.2) is 36.4 Å². The van der Waals surface area contributed by atoms with Crippen LogP contribution in [0.1, 0.15) is 65.7 Å². The topological polar surface area (TPSA) is 270 Å². The third-order valence-electron chi connectivity index (χ3n) is 8.70. The summed E-state index contributed by atoms with van der Waals surface area (Å²) in [5.74, 6) is -7.68. The minimum Gasteiger partial charge on any atom is -0.463 e. The van der Waals surface area contributed by atoms with Gasteiger partial charge in [0.25, 0.3) is 0 Å². The van der Waals surface area contributed by atoms with Crippen molar-refractivity contribution >= 4 is 64.4 Å². The lowest BCUT2D eigenvalue weighted by molar-refractivity contribution is -0.264. The molecule has 0 aromatic heterocycles. The van der Waals surface area contributed by atoms with Gasteiger partial charge in [0.1, 0.15) is 48.8 Å². The lowest BCUT2D eigenvalue weighted by Crippen LogP contribution is -2.67. The van der Waals surface area contributed by atoms with Crippen molar-refractivity contribution in [2.24, 2.45) is 0 Å². The summed E-state index contributed by atoms with van der Waals surface area (Å²) < 4.78 is 56.7. The largest absolute Gasteiger partial charge is 0.463 e. The molecule has 0 aliphatic carbocycles. The highest BCUT2D eigenvalue weighted by Gasteiger charge is 2.54. The Bertz CT molecular complexity index is 1980. The smallest absolute Gasteiger partial charge is 0.344 e. The molecule has 326 valence electrons. The van der Waals surface area contributed by atoms with E-state index in [0.29, 0.717) is 5.39 Å². The Morgan fingerprint density at radius 2 is 0.950 bits per heavy atom. The van der Waals surface area contributed by atoms with Crippen LogP contribution in [0, 0.1) is 0 Å². The molecule has 2 fully saturated rings. The molecule has 2 heterocycles. The van der Waals surface area contributed by atoms with Crippen molar-refractivity contribution in [2.45, 2.75) is 117 Å². The van der Waals surface area contributed by atoms with Crippen LogP contribution in [0.4, 0.5) is 0 Å². The van der Waals surface area contributed by atoms with Crippen LogP contribution in [0.2, 0.25) is 0 Å². The van der Waals surface area contributed by atoms with Crippen LogP contribution in [0.3, 0.4) is 0 Å². The second-order valence-corrected chi connectivity index (χ2v) is 13.6. The van der Waals surface area contributed by atoms with E-state index >= 15 is 0 Å². The van der Waals surface area contributed by atoms with E-state index in [4.69, 9.17) is 47.4 Å². The van der Waals surface area contributed by atoms with E-state index in [1.807, 2.05) is 0 Å². The maximum atomic E-state index is 14.4. The van der Waals surface area contributed by atoms with Gasteiger partial charge in [0.2, 0.25) is 24.4 Å². The molecule has 21 nitrogen and oxygen atoms in total. The summed E-state index contributed by atoms with van der Waals surface area (Å²) in [7, 11) is 0. The first-order valence-electron chi connectivity index (χ1n) is 18.5. The normalized spacial score (nSPS) is 25.9. The van der Waals surface area contributed by atoms with E-state index in [2.05, 4.69) is 10.6 Å². The summed E-state index contributed by atoms with van der Waals surface area (Å²) in [4.78, 5) is 113. The van der Waals surface area contributed by atoms with Gasteiger partial charge in [-0.3, -0.25) is 38.4 Å². The van der Waals surface area contributed by atoms with Crippen LogP contribution < -0.4 is 15.4 Å². The number of carbonyl (C=O) groups is 9. The van der Waals surface area contributed by atoms with Crippen molar-refractivity contribution in [2.75, 3.05) is 13.2 Å². The molecule has 60 heavy (non-hydrogen) atoms. The number of rotatable bonds is 14. The second-order valence-electron chi connectivity index (χ2n) is 13.6. The Hall–Kier alpha value is -6.35. The Kier molecular flexibility index (Phi) is 15.9. The minimum absolute atomic E-state index is 0.227. The first-order chi connectivity index (χ1) is 28.2. The molecule has 21 heteroatoms. The van der Waals surface area contributed by atoms with Gasteiger partial charge in [-0.25, -0.2) is 4.79 Å². The van der Waals surface area contributed by atoms with Gasteiger partial charge in [0.15, 0.2) is 24.4 Å². The number of fused-ring (bicyclic) bond motifs is 1. The van der Waals surface area contributed by atoms with Crippen LogP contribution in [0.5, 0.6) is 5.75 Å². The highest BCUT2D eigenvalue weighted by atomic mass is 16.7. The summed E-state index contributed by atoms with van der Waals surface area (Å²) in [6, 6.07) is 6.47. The Balaban J connectivity index is 1.85. The Labute approximate surface area is 342 Å². The molecule has 2 aromatic carbocycles. The van der Waals surface area contributed by atoms with Gasteiger partial charge < -0.3 is 58.0 Å². The quantitative estimate of drug-likeness (QED) is 0.196. The molecular weight excluding hydrogens is 800 g/mol. The molecule has 2 aliphatic rings. The average Bonchev–Trinajstić information content (AvgIpc) is 3.13. The fourth-order valence-corrected chi connectivity index (χ4v) is 6.60. The first kappa shape index (κ1) is 46.3. The molecule has 2 amide bonds. The van der Waals surface area contributed by atoms with Crippen molar-refractivity contribution in [1.82, 2.24) is 10.6 Å². The van der Waals surface area contributed by atoms with Crippen molar-refractivity contribution in [3.8, 4) is 5.75 Å². The molecule has 0 saturated carbocycles. The van der Waals surface area contributed by atoms with Gasteiger partial charge in [0, 0.05) is 60.8 Å². The molecule has 0 radical (unpaired) electrons. The summed E-state index contributed by atoms with van der Waals surface area (Å²) in [6.45, 7) is 7.61. The van der Waals surface area contributed by atoms with E-state index in [0.717, 1.165) is 55.4 Å². The van der Waals surface area contributed by atoms with Gasteiger partial charge in [-0.2, -0.15) is 0 Å². The average molecular weight is 847 g/mol. The predicted octanol–water partition coefficient (Wildman–Crippen LogP) is 0.688. The molecule has 4 rings (SSSR count). The molecular formula is C39H46N2O19. The molecule has 0 unspecified atom stereocenters. The summed E-state index contributed by atoms with van der Waals surface area (Å²) in [6.07, 6.45) is -12.3. The van der Waals surface area contributed by atoms with Crippen LogP contribution in [-0.4, -0.2) is 128 Å². The predicted molar refractivity (Wildman–Crippen MR) is 198 cm³/mol. The summed E-state index contributed by atoms with van der Waals surface area (Å²) in [5.41, 5.74) is -0.311. The Morgan fingerprint density at radius 3 is 1.40 bits per heavy atom. The minimum atomic E-state index is -1.82. The number of hydrogen-bond acceptors (Lipinski definition) is 19. The van der Waals surface area contributed by atoms with Gasteiger partial charge in [-0.15, -0.1) is 0 Å². The summed E-state index contributed by atoms with van der Waals surface area (Å²) >= 11 is 0. The zero-order valence-corrected chi connectivity index (χ0v) is 33.9. The first-order valence-corrected chi connectivity index (χ1v) is 18.5. The molecule has 2 aromatic rings. The number of nitrogens with one attached hydrogen (secondary N) is 2. The fraction of sp³-hybridized carbons (Fsp3) is 0.513. The molecule has 2 N–H and O–H groups in total. The van der Waals surface area contributed by atoms with E-state index < -0.39 is 128 Å². The number of esters is 7. The highest BCUT2D eigenvalue weighted by molar-refractivity contribution is 6.01. The van der Waals surface area contributed by atoms with Crippen LogP contribution in [0.25, 0.3) is 10.8 Å². The maximum absolute atomic E-state index is 14.4. The van der Waals surface area contributed by atoms with Gasteiger partial charge >= 0.3 is 41.8 Å². The lowest BCUT2D eigenvalue weighted by atomic mass is 9.95. The summed E-state index contributed by atoms with van der Waals surface area (Å²) in [5, 5.41) is 5.90. The van der Waals surface area contributed by atoms with Crippen molar-refractivity contribution in [3.05, 3.63) is 42.0 Å². The number of benzene rings is 2. The fourth-order valence-electron chi connectivity index (χ4n) is 6.60. The monoisotopic (exact) mass is 846 g/mol. The number of amides is 2. The van der Waals surface area contributed by atoms with Crippen LogP contribution in [-0.2, 0) is 81.0 Å². The van der Waals surface area contributed by atoms with Crippen molar-refractivity contribution in [1.29, 1.82) is 0 Å². The zero-order chi connectivity index (χ0) is 44.4. The SMILES string of the molecule is CC(=O)N[C@@H]1[C@H](OC(=O)c2ccc3ccccc3c2O[C@@H]2O[C@H](COC(C)=O)[C@H](OC(C)=O)[C@H](OC(C)=O)[C@@H]2NC(C)=O)O[C@H](COC(C)=O)[C@H](OC(C)=O)[C@@H]1OC(C)=O. The molecule has 2 aliphatic heterocycles. The Morgan fingerprint density at radius 1 is 0.517 bits per heavy atom. The van der Waals surface area contributed by atoms with Crippen molar-refractivity contribution < 1.29 is 90.5 Å². The van der Waals surface area contributed by atoms with E-state index in [1.165, 1.54) is 6.07 Å². The number of ether oxygens (including phenoxy) is 10. The van der Waals surface area contributed by atoms with E-state index in [1.54, 1.807) is 30.3 Å². The third kappa shape index (κ3) is 12.3. The standard InChI is InChI=1S/C39H46N2O19/c1-17(42)40-30-35(55-23(7)48)33(53-21(5)46)28(15-51-19(3)44)57-38(30)59-32-26-12-10-9-11-25(26)13-14-27(32)37(50)60-39-31(41-18(2)43)36(56-24(8)49)34(54-22(6)47)29(58-39)16-52-20(4)45/h9-14,28-31,33-36,38-39H,15-16H2,1-8H3,(H,40,42)(H,41,43)/t28-,29-,30+,31+,33+,34+,35-,36-,38+,39+/m1/s1. The number of carbonyl (C=O) groups excluding carboxylic acids is 9. The molecule has 2 saturated heterocycles. The second kappa shape index (κ2) is 20.6. The zero-order valence-electron chi connectivity index (χ0n) is 33.9. The lowest BCUT2D eigenvalue weighted by Gasteiger charge is -2.45. The van der Waals surface area contributed by atoms with Gasteiger partial charge in [-0.1, -0.05) is 30.3 Å². The van der Waals surface area contributed by atoms with Gasteiger partial charge in [-0.05, 0) is 11.5 Å². The number of hydrogen-bond donors (Lipinski definition) is 2. The molecule has 0 spiro atoms. The molecule has 10 atom stereocenters. The molecule has 0 bridgehead atoms. The van der Waals surface area contributed by atoms with E-state index in [9.17, 15) is 43.2 Å². The highest BCUT2D eigenvalue weighted by Crippen LogP contribution is 2.36. The maximum Gasteiger partial charge on any atom is 0.344 e. The van der Waals surface area contributed by atoms with E-state index in [-0.39, 0.29) is 16.7 Å². The van der Waals surface area contributed by atoms with Crippen molar-refractivity contribution in [3.63, 3.8) is 0 Å². The van der Waals surface area contributed by atoms with Crippen LogP contribution >= 0.6 is 0 Å². The van der Waals surface area contributed by atoms with Gasteiger partial charge in [0.05, 0.1) is 0 Å².